The Labute approximate surface area is 412 Å². The normalized spacial score (nSPS) is 12.9. The molecule has 0 N–H and O–H groups in total. The highest BCUT2D eigenvalue weighted by atomic mass is 15.2. The van der Waals surface area contributed by atoms with Gasteiger partial charge in [-0.1, -0.05) is 218 Å². The van der Waals surface area contributed by atoms with Gasteiger partial charge in [0.15, 0.2) is 0 Å². The van der Waals surface area contributed by atoms with Gasteiger partial charge >= 0.3 is 0 Å². The van der Waals surface area contributed by atoms with Gasteiger partial charge < -0.3 is 9.47 Å². The second-order valence-corrected chi connectivity index (χ2v) is 19.1. The number of hydrogen-bond acceptors (Lipinski definition) is 1. The maximum atomic E-state index is 2.59. The molecule has 1 heterocycles. The number of rotatable bonds is 6. The van der Waals surface area contributed by atoms with Crippen molar-refractivity contribution in [2.24, 2.45) is 0 Å². The summed E-state index contributed by atoms with van der Waals surface area (Å²) in [7, 11) is 0. The Morgan fingerprint density at radius 1 is 0.296 bits per heavy atom. The fraction of sp³-hybridized carbons (Fsp3) is 0.0145. The molecule has 2 nitrogen and oxygen atoms in total. The van der Waals surface area contributed by atoms with Crippen LogP contribution in [0, 0.1) is 0 Å². The van der Waals surface area contributed by atoms with Crippen LogP contribution in [-0.4, -0.2) is 4.57 Å². The summed E-state index contributed by atoms with van der Waals surface area (Å²) in [6.45, 7) is 0. The van der Waals surface area contributed by atoms with E-state index in [0.29, 0.717) is 0 Å². The lowest BCUT2D eigenvalue weighted by Crippen LogP contribution is -2.28. The Bertz CT molecular complexity index is 4210. The Morgan fingerprint density at radius 2 is 0.789 bits per heavy atom. The third-order valence-corrected chi connectivity index (χ3v) is 15.6. The lowest BCUT2D eigenvalue weighted by atomic mass is 9.70. The summed E-state index contributed by atoms with van der Waals surface area (Å²) < 4.78 is 2.46. The zero-order chi connectivity index (χ0) is 46.6. The van der Waals surface area contributed by atoms with Gasteiger partial charge in [-0.05, 0) is 131 Å². The molecule has 330 valence electrons. The molecule has 0 saturated heterocycles. The number of hydrogen-bond donors (Lipinski definition) is 0. The minimum atomic E-state index is -0.566. The summed E-state index contributed by atoms with van der Waals surface area (Å²) in [6, 6.07) is 99.3. The monoisotopic (exact) mass is 900 g/mol. The first-order valence-corrected chi connectivity index (χ1v) is 24.7. The van der Waals surface area contributed by atoms with Crippen molar-refractivity contribution in [2.45, 2.75) is 5.41 Å². The van der Waals surface area contributed by atoms with E-state index in [2.05, 4.69) is 276 Å². The van der Waals surface area contributed by atoms with Crippen LogP contribution in [0.3, 0.4) is 0 Å². The van der Waals surface area contributed by atoms with Gasteiger partial charge in [0, 0.05) is 27.7 Å². The van der Waals surface area contributed by atoms with Crippen LogP contribution in [0.25, 0.3) is 93.5 Å². The predicted octanol–water partition coefficient (Wildman–Crippen LogP) is 18.2. The topological polar surface area (TPSA) is 8.17 Å². The first-order chi connectivity index (χ1) is 35.3. The van der Waals surface area contributed by atoms with Crippen molar-refractivity contribution in [2.75, 3.05) is 4.90 Å². The van der Waals surface area contributed by atoms with Crippen molar-refractivity contribution in [1.82, 2.24) is 4.57 Å². The van der Waals surface area contributed by atoms with Crippen LogP contribution >= 0.6 is 0 Å². The number of aromatic nitrogens is 1. The molecule has 15 rings (SSSR count). The highest BCUT2D eigenvalue weighted by molar-refractivity contribution is 6.26. The predicted molar refractivity (Wildman–Crippen MR) is 298 cm³/mol. The average molecular weight is 901 g/mol. The van der Waals surface area contributed by atoms with Crippen LogP contribution in [0.2, 0.25) is 0 Å². The molecule has 1 spiro atoms. The van der Waals surface area contributed by atoms with Crippen LogP contribution in [0.5, 0.6) is 0 Å². The molecule has 0 atom stereocenters. The molecule has 0 unspecified atom stereocenters. The number of fused-ring (bicyclic) bond motifs is 16. The zero-order valence-corrected chi connectivity index (χ0v) is 38.8. The van der Waals surface area contributed by atoms with Crippen LogP contribution < -0.4 is 4.90 Å². The molecule has 2 aliphatic carbocycles. The largest absolute Gasteiger partial charge is 0.309 e. The molecule has 1 aromatic heterocycles. The van der Waals surface area contributed by atoms with Gasteiger partial charge in [0.25, 0.3) is 0 Å². The molecular formula is C69H44N2. The van der Waals surface area contributed by atoms with Gasteiger partial charge in [0.1, 0.15) is 0 Å². The highest BCUT2D eigenvalue weighted by Gasteiger charge is 2.53. The van der Waals surface area contributed by atoms with Crippen LogP contribution in [0.15, 0.2) is 267 Å². The standard InChI is InChI=1S/C69H44N2/c1-3-19-45(20-4-1)51-30-15-22-48-23-16-31-52(65(48)51)47-39-42-50(43-40-47)71(62-37-18-36-61-67(62)66-53-26-8-7-21-46(53)41-44-63(66)70(61)49-24-5-2-6-25-49)64-38-17-32-57-56-29-11-14-35-60(56)69(68(57)64)58-33-12-9-27-54(58)55-28-10-13-34-59(55)69/h1-44H. The summed E-state index contributed by atoms with van der Waals surface area (Å²) in [5, 5.41) is 7.39. The molecule has 12 aromatic carbocycles. The fourth-order valence-electron chi connectivity index (χ4n) is 12.8. The second kappa shape index (κ2) is 15.4. The SMILES string of the molecule is c1ccc(-c2cccc3cccc(-c4ccc(N(c5cccc6c5C5(c7ccccc7-c7ccccc75)c5ccccc5-6)c5cccc6c5c5c7ccccc7ccc5n6-c5ccccc5)cc4)c23)cc1. The first kappa shape index (κ1) is 39.7. The molecule has 0 aliphatic heterocycles. The van der Waals surface area contributed by atoms with E-state index in [0.717, 1.165) is 28.3 Å². The molecule has 2 aliphatic rings. The number of anilines is 3. The quantitative estimate of drug-likeness (QED) is 0.161. The van der Waals surface area contributed by atoms with E-state index in [4.69, 9.17) is 0 Å². The van der Waals surface area contributed by atoms with Crippen molar-refractivity contribution in [3.8, 4) is 50.2 Å². The van der Waals surface area contributed by atoms with Gasteiger partial charge in [-0.25, -0.2) is 0 Å². The van der Waals surface area contributed by atoms with Gasteiger partial charge in [-0.15, -0.1) is 0 Å². The lowest BCUT2D eigenvalue weighted by Gasteiger charge is -2.36. The maximum absolute atomic E-state index is 2.59. The van der Waals surface area contributed by atoms with Crippen LogP contribution in [-0.2, 0) is 5.41 Å². The van der Waals surface area contributed by atoms with E-state index in [1.54, 1.807) is 0 Å². The summed E-state index contributed by atoms with van der Waals surface area (Å²) in [5.41, 5.74) is 21.5. The summed E-state index contributed by atoms with van der Waals surface area (Å²) >= 11 is 0. The van der Waals surface area contributed by atoms with Gasteiger partial charge in [-0.3, -0.25) is 0 Å². The highest BCUT2D eigenvalue weighted by Crippen LogP contribution is 2.65. The summed E-state index contributed by atoms with van der Waals surface area (Å²) in [5.74, 6) is 0. The van der Waals surface area contributed by atoms with Crippen molar-refractivity contribution >= 4 is 60.4 Å². The molecule has 13 aromatic rings. The first-order valence-electron chi connectivity index (χ1n) is 24.7. The molecule has 71 heavy (non-hydrogen) atoms. The second-order valence-electron chi connectivity index (χ2n) is 19.1. The van der Waals surface area contributed by atoms with E-state index >= 15 is 0 Å². The Morgan fingerprint density at radius 3 is 1.48 bits per heavy atom. The fourth-order valence-corrected chi connectivity index (χ4v) is 12.8. The molecule has 0 saturated carbocycles. The number of para-hydroxylation sites is 1. The van der Waals surface area contributed by atoms with E-state index < -0.39 is 5.41 Å². The van der Waals surface area contributed by atoms with Crippen molar-refractivity contribution in [1.29, 1.82) is 0 Å². The Balaban J connectivity index is 1.05. The smallest absolute Gasteiger partial charge is 0.0746 e. The molecule has 0 fully saturated rings. The average Bonchev–Trinajstić information content (AvgIpc) is 4.07. The maximum Gasteiger partial charge on any atom is 0.0746 e. The van der Waals surface area contributed by atoms with Crippen molar-refractivity contribution in [3.63, 3.8) is 0 Å². The summed E-state index contributed by atoms with van der Waals surface area (Å²) in [6.07, 6.45) is 0. The molecule has 0 amide bonds. The van der Waals surface area contributed by atoms with E-state index in [1.807, 2.05) is 0 Å². The number of nitrogens with zero attached hydrogens (tertiary/aromatic N) is 2. The van der Waals surface area contributed by atoms with Crippen molar-refractivity contribution < 1.29 is 0 Å². The minimum absolute atomic E-state index is 0.566. The van der Waals surface area contributed by atoms with E-state index in [9.17, 15) is 0 Å². The zero-order valence-electron chi connectivity index (χ0n) is 38.8. The van der Waals surface area contributed by atoms with Crippen LogP contribution in [0.4, 0.5) is 17.1 Å². The van der Waals surface area contributed by atoms with Gasteiger partial charge in [0.05, 0.1) is 27.8 Å². The van der Waals surface area contributed by atoms with Gasteiger partial charge in [0.2, 0.25) is 0 Å². The third-order valence-electron chi connectivity index (χ3n) is 15.6. The summed E-state index contributed by atoms with van der Waals surface area (Å²) in [4.78, 5) is 2.59. The Kier molecular flexibility index (Phi) is 8.61. The third kappa shape index (κ3) is 5.59. The van der Waals surface area contributed by atoms with Gasteiger partial charge in [-0.2, -0.15) is 0 Å². The molecular weight excluding hydrogens is 857 g/mol. The molecule has 0 bridgehead atoms. The van der Waals surface area contributed by atoms with E-state index in [-0.39, 0.29) is 0 Å². The Hall–Kier alpha value is -9.24. The van der Waals surface area contributed by atoms with Crippen LogP contribution in [0.1, 0.15) is 22.3 Å². The van der Waals surface area contributed by atoms with Crippen molar-refractivity contribution in [3.05, 3.63) is 289 Å². The van der Waals surface area contributed by atoms with E-state index in [1.165, 1.54) is 105 Å². The molecule has 0 radical (unpaired) electrons. The molecule has 2 heteroatoms. The number of benzene rings is 12. The minimum Gasteiger partial charge on any atom is -0.309 e. The lowest BCUT2D eigenvalue weighted by molar-refractivity contribution is 0.793.